The first-order valence-electron chi connectivity index (χ1n) is 8.66. The van der Waals surface area contributed by atoms with Crippen LogP contribution in [0.3, 0.4) is 0 Å². The van der Waals surface area contributed by atoms with E-state index in [1.165, 1.54) is 6.07 Å². The molecule has 1 aliphatic heterocycles. The van der Waals surface area contributed by atoms with E-state index in [0.29, 0.717) is 19.5 Å². The zero-order valence-electron chi connectivity index (χ0n) is 14.9. The van der Waals surface area contributed by atoms with Crippen molar-refractivity contribution in [3.8, 4) is 0 Å². The number of carbonyl (C=O) groups excluding carboxylic acids is 2. The van der Waals surface area contributed by atoms with Crippen molar-refractivity contribution in [3.63, 3.8) is 0 Å². The molecule has 144 valence electrons. The second-order valence-corrected chi connectivity index (χ2v) is 6.60. The van der Waals surface area contributed by atoms with Crippen molar-refractivity contribution in [3.05, 3.63) is 59.6 Å². The molecule has 2 heterocycles. The van der Waals surface area contributed by atoms with Crippen molar-refractivity contribution in [2.45, 2.75) is 31.5 Å². The number of rotatable bonds is 6. The molecule has 1 aliphatic rings. The van der Waals surface area contributed by atoms with Gasteiger partial charge in [-0.25, -0.2) is 8.78 Å². The van der Waals surface area contributed by atoms with Crippen LogP contribution < -0.4 is 10.6 Å². The SMILES string of the molecule is CNC(=O)[C@@H]1C[C@@H](NC(=O)Cc2ccc(F)cc2F)CN1Cc1ccoc1. The number of amides is 2. The van der Waals surface area contributed by atoms with E-state index in [-0.39, 0.29) is 35.9 Å². The lowest BCUT2D eigenvalue weighted by atomic mass is 10.1. The Hall–Kier alpha value is -2.74. The largest absolute Gasteiger partial charge is 0.472 e. The summed E-state index contributed by atoms with van der Waals surface area (Å²) in [6.07, 6.45) is 3.45. The van der Waals surface area contributed by atoms with Crippen molar-refractivity contribution in [2.24, 2.45) is 0 Å². The fraction of sp³-hybridized carbons (Fsp3) is 0.368. The lowest BCUT2D eigenvalue weighted by Gasteiger charge is -2.21. The number of benzene rings is 1. The van der Waals surface area contributed by atoms with E-state index in [0.717, 1.165) is 17.7 Å². The zero-order valence-corrected chi connectivity index (χ0v) is 14.9. The number of carbonyl (C=O) groups is 2. The minimum absolute atomic E-state index is 0.125. The van der Waals surface area contributed by atoms with Crippen molar-refractivity contribution in [1.82, 2.24) is 15.5 Å². The van der Waals surface area contributed by atoms with Gasteiger partial charge < -0.3 is 15.1 Å². The first-order valence-corrected chi connectivity index (χ1v) is 8.66. The average molecular weight is 377 g/mol. The number of likely N-dealkylation sites (tertiary alicyclic amines) is 1. The molecule has 0 unspecified atom stereocenters. The highest BCUT2D eigenvalue weighted by Gasteiger charge is 2.37. The summed E-state index contributed by atoms with van der Waals surface area (Å²) in [6, 6.07) is 4.34. The Morgan fingerprint density at radius 2 is 2.11 bits per heavy atom. The Labute approximate surface area is 155 Å². The number of hydrogen-bond acceptors (Lipinski definition) is 4. The minimum atomic E-state index is -0.749. The summed E-state index contributed by atoms with van der Waals surface area (Å²) in [5.74, 6) is -1.93. The van der Waals surface area contributed by atoms with Crippen molar-refractivity contribution in [1.29, 1.82) is 0 Å². The molecular weight excluding hydrogens is 356 g/mol. The number of likely N-dealkylation sites (N-methyl/N-ethyl adjacent to an activating group) is 1. The van der Waals surface area contributed by atoms with E-state index >= 15 is 0 Å². The van der Waals surface area contributed by atoms with E-state index in [1.807, 2.05) is 11.0 Å². The maximum atomic E-state index is 13.7. The van der Waals surface area contributed by atoms with Crippen LogP contribution in [0, 0.1) is 11.6 Å². The number of hydrogen-bond donors (Lipinski definition) is 2. The van der Waals surface area contributed by atoms with Gasteiger partial charge in [0.05, 0.1) is 25.0 Å². The van der Waals surface area contributed by atoms with Crippen LogP contribution in [0.2, 0.25) is 0 Å². The van der Waals surface area contributed by atoms with Crippen molar-refractivity contribution < 1.29 is 22.8 Å². The first-order chi connectivity index (χ1) is 13.0. The highest BCUT2D eigenvalue weighted by Crippen LogP contribution is 2.21. The summed E-state index contributed by atoms with van der Waals surface area (Å²) in [6.45, 7) is 1.01. The van der Waals surface area contributed by atoms with Crippen LogP contribution in [0.25, 0.3) is 0 Å². The van der Waals surface area contributed by atoms with Gasteiger partial charge in [0.15, 0.2) is 0 Å². The molecule has 6 nitrogen and oxygen atoms in total. The summed E-state index contributed by atoms with van der Waals surface area (Å²) >= 11 is 0. The van der Waals surface area contributed by atoms with E-state index < -0.39 is 11.6 Å². The Kier molecular flexibility index (Phi) is 5.85. The standard InChI is InChI=1S/C19H21F2N3O3/c1-22-19(26)17-8-15(10-24(17)9-12-4-5-27-11-12)23-18(25)6-13-2-3-14(20)7-16(13)21/h2-5,7,11,15,17H,6,8-10H2,1H3,(H,22,26)(H,23,25)/t15-,17+/m1/s1. The molecular formula is C19H21F2N3O3. The second-order valence-electron chi connectivity index (χ2n) is 6.60. The maximum absolute atomic E-state index is 13.7. The van der Waals surface area contributed by atoms with Gasteiger partial charge in [-0.2, -0.15) is 0 Å². The third-order valence-corrected chi connectivity index (χ3v) is 4.65. The summed E-state index contributed by atoms with van der Waals surface area (Å²) in [5, 5.41) is 5.48. The van der Waals surface area contributed by atoms with Crippen LogP contribution in [0.5, 0.6) is 0 Å². The smallest absolute Gasteiger partial charge is 0.237 e. The molecule has 1 aromatic heterocycles. The van der Waals surface area contributed by atoms with Gasteiger partial charge in [-0.05, 0) is 24.1 Å². The summed E-state index contributed by atoms with van der Waals surface area (Å²) in [4.78, 5) is 26.4. The Morgan fingerprint density at radius 3 is 2.78 bits per heavy atom. The molecule has 2 N–H and O–H groups in total. The minimum Gasteiger partial charge on any atom is -0.472 e. The molecule has 0 radical (unpaired) electrons. The summed E-state index contributed by atoms with van der Waals surface area (Å²) in [7, 11) is 1.57. The molecule has 8 heteroatoms. The van der Waals surface area contributed by atoms with E-state index in [4.69, 9.17) is 4.42 Å². The lowest BCUT2D eigenvalue weighted by molar-refractivity contribution is -0.125. The molecule has 27 heavy (non-hydrogen) atoms. The topological polar surface area (TPSA) is 74.6 Å². The molecule has 0 bridgehead atoms. The van der Waals surface area contributed by atoms with Gasteiger partial charge in [-0.15, -0.1) is 0 Å². The molecule has 0 aliphatic carbocycles. The first kappa shape index (κ1) is 19.0. The van der Waals surface area contributed by atoms with Gasteiger partial charge in [0.25, 0.3) is 0 Å². The number of nitrogens with zero attached hydrogens (tertiary/aromatic N) is 1. The van der Waals surface area contributed by atoms with Gasteiger partial charge in [0, 0.05) is 37.8 Å². The van der Waals surface area contributed by atoms with Crippen LogP contribution in [0.15, 0.2) is 41.2 Å². The normalized spacial score (nSPS) is 19.8. The van der Waals surface area contributed by atoms with Crippen molar-refractivity contribution >= 4 is 11.8 Å². The van der Waals surface area contributed by atoms with Crippen LogP contribution in [-0.4, -0.2) is 42.4 Å². The van der Waals surface area contributed by atoms with Gasteiger partial charge >= 0.3 is 0 Å². The molecule has 3 rings (SSSR count). The molecule has 2 atom stereocenters. The lowest BCUT2D eigenvalue weighted by Crippen LogP contribution is -2.41. The molecule has 1 aromatic carbocycles. The fourth-order valence-electron chi connectivity index (χ4n) is 3.36. The third-order valence-electron chi connectivity index (χ3n) is 4.65. The highest BCUT2D eigenvalue weighted by molar-refractivity contribution is 5.82. The molecule has 0 saturated carbocycles. The highest BCUT2D eigenvalue weighted by atomic mass is 19.1. The van der Waals surface area contributed by atoms with Gasteiger partial charge in [0.1, 0.15) is 11.6 Å². The van der Waals surface area contributed by atoms with E-state index in [1.54, 1.807) is 19.6 Å². The van der Waals surface area contributed by atoms with E-state index in [2.05, 4.69) is 10.6 Å². The Balaban J connectivity index is 1.62. The average Bonchev–Trinajstić information content (AvgIpc) is 3.27. The summed E-state index contributed by atoms with van der Waals surface area (Å²) in [5.41, 5.74) is 1.06. The monoisotopic (exact) mass is 377 g/mol. The zero-order chi connectivity index (χ0) is 19.4. The van der Waals surface area contributed by atoms with Gasteiger partial charge in [-0.1, -0.05) is 6.07 Å². The molecule has 2 aromatic rings. The number of furan rings is 1. The molecule has 1 fully saturated rings. The van der Waals surface area contributed by atoms with Gasteiger partial charge in [0.2, 0.25) is 11.8 Å². The van der Waals surface area contributed by atoms with Crippen LogP contribution in [0.4, 0.5) is 8.78 Å². The molecule has 2 amide bonds. The Bertz CT molecular complexity index is 811. The van der Waals surface area contributed by atoms with Crippen LogP contribution in [-0.2, 0) is 22.6 Å². The van der Waals surface area contributed by atoms with Crippen LogP contribution >= 0.6 is 0 Å². The quantitative estimate of drug-likeness (QED) is 0.802. The maximum Gasteiger partial charge on any atom is 0.237 e. The second kappa shape index (κ2) is 8.30. The Morgan fingerprint density at radius 1 is 1.30 bits per heavy atom. The summed E-state index contributed by atoms with van der Waals surface area (Å²) < 4.78 is 31.8. The third kappa shape index (κ3) is 4.71. The van der Waals surface area contributed by atoms with Crippen LogP contribution in [0.1, 0.15) is 17.5 Å². The predicted octanol–water partition coefficient (Wildman–Crippen LogP) is 1.61. The molecule has 0 spiro atoms. The predicted molar refractivity (Wildman–Crippen MR) is 93.6 cm³/mol. The number of halogens is 2. The number of nitrogens with one attached hydrogen (secondary N) is 2. The fourth-order valence-corrected chi connectivity index (χ4v) is 3.36. The van der Waals surface area contributed by atoms with Gasteiger partial charge in [-0.3, -0.25) is 14.5 Å². The molecule has 1 saturated heterocycles. The van der Waals surface area contributed by atoms with Crippen molar-refractivity contribution in [2.75, 3.05) is 13.6 Å². The van der Waals surface area contributed by atoms with E-state index in [9.17, 15) is 18.4 Å².